The Hall–Kier alpha value is -3.14. The van der Waals surface area contributed by atoms with Gasteiger partial charge in [0, 0.05) is 13.1 Å². The van der Waals surface area contributed by atoms with Gasteiger partial charge in [-0.1, -0.05) is 12.2 Å². The van der Waals surface area contributed by atoms with Crippen molar-refractivity contribution in [1.82, 2.24) is 39.0 Å². The highest BCUT2D eigenvalue weighted by Crippen LogP contribution is 2.40. The quantitative estimate of drug-likeness (QED) is 0.0746. The van der Waals surface area contributed by atoms with E-state index >= 15 is 8.78 Å². The van der Waals surface area contributed by atoms with E-state index in [0.29, 0.717) is 35.8 Å². The number of fused-ring (bicyclic) bond motifs is 2. The number of imidazole rings is 2. The number of aromatic nitrogens is 8. The first-order valence-electron chi connectivity index (χ1n) is 14.3. The number of halogens is 2. The summed E-state index contributed by atoms with van der Waals surface area (Å²) in [5, 5.41) is 25.4. The molecule has 6 heterocycles. The van der Waals surface area contributed by atoms with Crippen molar-refractivity contribution in [1.29, 1.82) is 0 Å². The average Bonchev–Trinajstić information content (AvgIpc) is 3.83. The van der Waals surface area contributed by atoms with Crippen LogP contribution in [0.5, 0.6) is 0 Å². The van der Waals surface area contributed by atoms with Gasteiger partial charge in [0.25, 0.3) is 0 Å². The first-order valence-corrected chi connectivity index (χ1v) is 18.0. The fourth-order valence-electron chi connectivity index (χ4n) is 5.46. The lowest BCUT2D eigenvalue weighted by molar-refractivity contribution is -0.0436. The second kappa shape index (κ2) is 15.2. The molecule has 4 unspecified atom stereocenters. The number of nitrogens with one attached hydrogen (secondary N) is 2. The van der Waals surface area contributed by atoms with Crippen LogP contribution >= 0.6 is 15.4 Å². The second-order valence-electron chi connectivity index (χ2n) is 10.4. The van der Waals surface area contributed by atoms with Gasteiger partial charge in [0.15, 0.2) is 65.9 Å². The summed E-state index contributed by atoms with van der Waals surface area (Å²) >= 11 is 4.68. The van der Waals surface area contributed by atoms with Gasteiger partial charge in [-0.3, -0.25) is 13.7 Å². The minimum absolute atomic E-state index is 0.225. The van der Waals surface area contributed by atoms with Gasteiger partial charge in [-0.15, -0.1) is 0 Å². The Kier molecular flexibility index (Phi) is 11.0. The highest BCUT2D eigenvalue weighted by atomic mass is 32.4. The van der Waals surface area contributed by atoms with E-state index in [1.165, 1.54) is 34.4 Å². The lowest BCUT2D eigenvalue weighted by atomic mass is 10.1. The van der Waals surface area contributed by atoms with Crippen LogP contribution in [0.1, 0.15) is 12.5 Å². The van der Waals surface area contributed by atoms with Crippen molar-refractivity contribution in [2.75, 3.05) is 36.9 Å². The van der Waals surface area contributed by atoms with Crippen LogP contribution in [0.15, 0.2) is 37.5 Å². The van der Waals surface area contributed by atoms with E-state index in [4.69, 9.17) is 23.4 Å². The third kappa shape index (κ3) is 6.96. The highest BCUT2D eigenvalue weighted by Gasteiger charge is 2.49. The largest absolute Gasteiger partial charge is 0.394 e. The maximum absolute atomic E-state index is 15.3. The molecule has 10 atom stereocenters. The van der Waals surface area contributed by atoms with Gasteiger partial charge in [0.05, 0.1) is 25.9 Å². The lowest BCUT2D eigenvalue weighted by Crippen LogP contribution is -2.32. The summed E-state index contributed by atoms with van der Waals surface area (Å²) in [5.41, 5.74) is 1.15. The van der Waals surface area contributed by atoms with Crippen molar-refractivity contribution in [2.24, 2.45) is 0 Å². The monoisotopic (exact) mass is 734 g/mol. The van der Waals surface area contributed by atoms with Crippen LogP contribution in [-0.2, 0) is 34.9 Å². The molecule has 0 aliphatic carbocycles. The van der Waals surface area contributed by atoms with E-state index in [2.05, 4.69) is 52.3 Å². The Morgan fingerprint density at radius 3 is 1.69 bits per heavy atom. The van der Waals surface area contributed by atoms with Crippen LogP contribution < -0.4 is 10.6 Å². The average molecular weight is 735 g/mol. The van der Waals surface area contributed by atoms with Crippen LogP contribution in [-0.4, -0.2) is 122 Å². The molecule has 2 saturated heterocycles. The summed E-state index contributed by atoms with van der Waals surface area (Å²) in [6.45, 7) is -0.546. The maximum Gasteiger partial charge on any atom is 0.317 e. The van der Waals surface area contributed by atoms with Gasteiger partial charge in [-0.05, 0) is 11.8 Å². The van der Waals surface area contributed by atoms with E-state index in [0.717, 1.165) is 0 Å². The summed E-state index contributed by atoms with van der Waals surface area (Å²) in [6.07, 6.45) is -2.35. The van der Waals surface area contributed by atoms with Crippen LogP contribution in [0.3, 0.4) is 0 Å². The van der Waals surface area contributed by atoms with Crippen molar-refractivity contribution in [2.45, 2.75) is 49.2 Å². The number of hydrogen-bond donors (Lipinski definition) is 6. The number of hydrogen-bond acceptors (Lipinski definition) is 16. The van der Waals surface area contributed by atoms with Crippen molar-refractivity contribution in [3.05, 3.63) is 37.5 Å². The van der Waals surface area contributed by atoms with Crippen molar-refractivity contribution in [3.63, 3.8) is 0 Å². The number of aliphatic hydroxyl groups excluding tert-OH is 2. The minimum Gasteiger partial charge on any atom is -0.394 e. The van der Waals surface area contributed by atoms with Gasteiger partial charge in [-0.2, -0.15) is 0 Å². The molecule has 0 amide bonds. The molecule has 2 aliphatic rings. The zero-order valence-corrected chi connectivity index (χ0v) is 27.3. The molecule has 0 bridgehead atoms. The molecule has 48 heavy (non-hydrogen) atoms. The normalized spacial score (nSPS) is 28.9. The van der Waals surface area contributed by atoms with Crippen molar-refractivity contribution < 1.29 is 51.9 Å². The molecule has 2 aliphatic heterocycles. The molecule has 260 valence electrons. The lowest BCUT2D eigenvalue weighted by Gasteiger charge is -2.17. The van der Waals surface area contributed by atoms with Crippen LogP contribution in [0.25, 0.3) is 22.3 Å². The highest BCUT2D eigenvalue weighted by molar-refractivity contribution is 8.00. The maximum atomic E-state index is 15.3. The van der Waals surface area contributed by atoms with E-state index in [1.54, 1.807) is 12.2 Å². The number of alkyl halides is 2. The molecule has 19 nitrogen and oxygen atoms in total. The summed E-state index contributed by atoms with van der Waals surface area (Å²) < 4.78 is 65.3. The van der Waals surface area contributed by atoms with E-state index in [9.17, 15) is 19.7 Å². The number of rotatable bonds is 14. The Bertz CT molecular complexity index is 1700. The summed E-state index contributed by atoms with van der Waals surface area (Å²) in [4.78, 5) is 44.0. The third-order valence-corrected chi connectivity index (χ3v) is 8.81. The van der Waals surface area contributed by atoms with Gasteiger partial charge < -0.3 is 49.2 Å². The Morgan fingerprint density at radius 2 is 1.27 bits per heavy atom. The van der Waals surface area contributed by atoms with Crippen molar-refractivity contribution in [3.8, 4) is 0 Å². The molecule has 6 rings (SSSR count). The smallest absolute Gasteiger partial charge is 0.317 e. The van der Waals surface area contributed by atoms with Gasteiger partial charge in [0.2, 0.25) is 0 Å². The van der Waals surface area contributed by atoms with E-state index < -0.39 is 77.8 Å². The van der Waals surface area contributed by atoms with Gasteiger partial charge in [0.1, 0.15) is 37.1 Å². The summed E-state index contributed by atoms with van der Waals surface area (Å²) in [6, 6.07) is 0. The number of aliphatic hydroxyl groups is 2. The molecule has 0 spiro atoms. The Morgan fingerprint density at radius 1 is 0.812 bits per heavy atom. The Labute approximate surface area is 275 Å². The predicted octanol–water partition coefficient (Wildman–Crippen LogP) is 0.153. The number of anilines is 2. The molecule has 4 aromatic heterocycles. The minimum atomic E-state index is -3.49. The van der Waals surface area contributed by atoms with E-state index in [-0.39, 0.29) is 11.3 Å². The number of ether oxygens (including phenoxy) is 2. The first kappa shape index (κ1) is 34.7. The van der Waals surface area contributed by atoms with Crippen molar-refractivity contribution >= 4 is 61.2 Å². The van der Waals surface area contributed by atoms with Crippen LogP contribution in [0, 0.1) is 0 Å². The summed E-state index contributed by atoms with van der Waals surface area (Å²) in [5.74, 6) is 0.716. The third-order valence-electron chi connectivity index (χ3n) is 7.57. The molecule has 2 fully saturated rings. The molecule has 4 aromatic rings. The van der Waals surface area contributed by atoms with Crippen LogP contribution in [0.2, 0.25) is 0 Å². The SMILES string of the molecule is O=[PH](O)O[C@@H]1C(CO)O[C@@H](n2cnc3c(NC/C=C/CNc4ncnc5c4ncn5C4O[C@H](CO)[C@@H](O[PH](O)=S)[C@H]4F)ncnc32)[C@@H]1F. The molecule has 0 saturated carbocycles. The number of nitrogens with zero attached hydrogens (tertiary/aromatic N) is 8. The van der Waals surface area contributed by atoms with Gasteiger partial charge in [-0.25, -0.2) is 38.7 Å². The van der Waals surface area contributed by atoms with Gasteiger partial charge >= 0.3 is 8.25 Å². The fourth-order valence-corrected chi connectivity index (χ4v) is 6.82. The Balaban J connectivity index is 1.07. The molecule has 0 radical (unpaired) electrons. The summed E-state index contributed by atoms with van der Waals surface area (Å²) in [7, 11) is -6.14. The zero-order valence-electron chi connectivity index (χ0n) is 24.5. The predicted molar refractivity (Wildman–Crippen MR) is 167 cm³/mol. The fraction of sp³-hybridized carbons (Fsp3) is 0.500. The topological polar surface area (TPSA) is 246 Å². The second-order valence-corrected chi connectivity index (χ2v) is 13.0. The molecular formula is C24H30F2N10O9P2S. The first-order chi connectivity index (χ1) is 23.2. The molecule has 0 aromatic carbocycles. The van der Waals surface area contributed by atoms with E-state index in [1.807, 2.05) is 0 Å². The molecular weight excluding hydrogens is 704 g/mol. The molecule has 24 heteroatoms. The standard InChI is InChI=1S/C24H30F2N10O9P2S/c25-13-17(44-46(39)40)11(5-37)42-23(13)35-9-33-15-19(29-7-31-21(15)35)27-3-1-2-4-28-20-16-22(32-8-30-20)36(10-34-16)24-14(26)18(45-47(41)48)12(6-38)43-24/h1-2,7-14,17-18,23-24,37-38,46-47H,3-6H2,(H,39,40)(H,41,48)(H,27,29,31)(H,28,30,32)/b2-1+/t11?,12-,13-,14-,17-,18-,23-,24?/m1/s1. The zero-order chi connectivity index (χ0) is 33.9. The molecule has 6 N–H and O–H groups in total. The van der Waals surface area contributed by atoms with Crippen LogP contribution in [0.4, 0.5) is 20.4 Å².